The topological polar surface area (TPSA) is 55.0 Å². The van der Waals surface area contributed by atoms with Gasteiger partial charge in [0.15, 0.2) is 5.69 Å². The number of allylic oxidation sites excluding steroid dienone is 1. The molecule has 0 saturated carbocycles. The van der Waals surface area contributed by atoms with Crippen molar-refractivity contribution >= 4 is 34.7 Å². The number of hydrogen-bond donors (Lipinski definition) is 1. The number of carbonyl (C=O) groups is 1. The number of carbonyl (C=O) groups excluding carboxylic acids is 1. The molecule has 0 spiro atoms. The van der Waals surface area contributed by atoms with Crippen molar-refractivity contribution in [3.05, 3.63) is 67.8 Å². The summed E-state index contributed by atoms with van der Waals surface area (Å²) < 4.78 is 4.81. The monoisotopic (exact) mass is 342 g/mol. The van der Waals surface area contributed by atoms with Gasteiger partial charge in [-0.1, -0.05) is 12.2 Å². The van der Waals surface area contributed by atoms with Crippen molar-refractivity contribution in [2.45, 2.75) is 11.8 Å². The van der Waals surface area contributed by atoms with Crippen LogP contribution in [0.3, 0.4) is 0 Å². The third-order valence-corrected chi connectivity index (χ3v) is 5.69. The fourth-order valence-electron chi connectivity index (χ4n) is 3.12. The van der Waals surface area contributed by atoms with Crippen LogP contribution >= 0.6 is 22.7 Å². The Balaban J connectivity index is 1.85. The second-order valence-corrected chi connectivity index (χ2v) is 7.02. The quantitative estimate of drug-likeness (QED) is 0.735. The molecule has 0 aliphatic heterocycles. The van der Waals surface area contributed by atoms with Crippen molar-refractivity contribution < 1.29 is 9.53 Å². The van der Waals surface area contributed by atoms with E-state index in [0.717, 1.165) is 17.7 Å². The molecule has 1 aliphatic carbocycles. The Morgan fingerprint density at radius 3 is 2.52 bits per heavy atom. The average Bonchev–Trinajstić information content (AvgIpc) is 3.34. The second-order valence-electron chi connectivity index (χ2n) is 5.46. The van der Waals surface area contributed by atoms with Gasteiger partial charge in [0.2, 0.25) is 0 Å². The minimum absolute atomic E-state index is 0.215. The molecule has 0 amide bonds. The number of aromatic amines is 1. The Morgan fingerprint density at radius 1 is 1.26 bits per heavy atom. The van der Waals surface area contributed by atoms with Crippen molar-refractivity contribution in [1.82, 2.24) is 10.2 Å². The van der Waals surface area contributed by atoms with E-state index in [4.69, 9.17) is 4.74 Å². The van der Waals surface area contributed by atoms with Gasteiger partial charge in [0.05, 0.1) is 7.11 Å². The highest BCUT2D eigenvalue weighted by Crippen LogP contribution is 2.43. The minimum Gasteiger partial charge on any atom is -0.464 e. The van der Waals surface area contributed by atoms with Crippen LogP contribution in [0.15, 0.2) is 39.7 Å². The first-order valence-electron chi connectivity index (χ1n) is 7.15. The van der Waals surface area contributed by atoms with Gasteiger partial charge in [-0.2, -0.15) is 27.8 Å². The molecule has 0 unspecified atom stereocenters. The van der Waals surface area contributed by atoms with E-state index in [1.807, 2.05) is 6.08 Å². The standard InChI is InChI=1S/C17H14N2O2S2/c1-21-16(20)15-13-2-5-17(8-14(13)18-19-15,11-3-6-22-9-11)12-4-7-23-10-12/h2-7,9-10H,8H2,1H3,(H,18,19). The predicted octanol–water partition coefficient (Wildman–Crippen LogP) is 3.87. The lowest BCUT2D eigenvalue weighted by Crippen LogP contribution is -2.29. The maximum Gasteiger partial charge on any atom is 0.359 e. The number of nitrogens with one attached hydrogen (secondary N) is 1. The Hall–Kier alpha value is -2.18. The highest BCUT2D eigenvalue weighted by Gasteiger charge is 2.37. The second kappa shape index (κ2) is 5.47. The molecule has 6 heteroatoms. The van der Waals surface area contributed by atoms with Gasteiger partial charge >= 0.3 is 5.97 Å². The first-order valence-corrected chi connectivity index (χ1v) is 9.03. The normalized spacial score (nSPS) is 15.3. The molecule has 4 nitrogen and oxygen atoms in total. The van der Waals surface area contributed by atoms with Crippen molar-refractivity contribution in [1.29, 1.82) is 0 Å². The molecule has 1 N–H and O–H groups in total. The predicted molar refractivity (Wildman–Crippen MR) is 92.1 cm³/mol. The lowest BCUT2D eigenvalue weighted by Gasteiger charge is -2.32. The summed E-state index contributed by atoms with van der Waals surface area (Å²) in [5.41, 5.74) is 4.45. The van der Waals surface area contributed by atoms with E-state index in [1.54, 1.807) is 22.7 Å². The van der Waals surface area contributed by atoms with Crippen molar-refractivity contribution in [3.63, 3.8) is 0 Å². The molecule has 23 heavy (non-hydrogen) atoms. The van der Waals surface area contributed by atoms with E-state index in [9.17, 15) is 4.79 Å². The summed E-state index contributed by atoms with van der Waals surface area (Å²) in [6.45, 7) is 0. The van der Waals surface area contributed by atoms with Crippen molar-refractivity contribution in [2.75, 3.05) is 7.11 Å². The number of fused-ring (bicyclic) bond motifs is 1. The third-order valence-electron chi connectivity index (χ3n) is 4.32. The zero-order chi connectivity index (χ0) is 15.9. The third kappa shape index (κ3) is 2.17. The zero-order valence-corrected chi connectivity index (χ0v) is 14.0. The summed E-state index contributed by atoms with van der Waals surface area (Å²) in [5.74, 6) is -0.411. The van der Waals surface area contributed by atoms with Crippen LogP contribution in [0.4, 0.5) is 0 Å². The molecule has 0 radical (unpaired) electrons. The van der Waals surface area contributed by atoms with E-state index in [2.05, 4.69) is 49.9 Å². The number of esters is 1. The smallest absolute Gasteiger partial charge is 0.359 e. The lowest BCUT2D eigenvalue weighted by atomic mass is 9.70. The minimum atomic E-state index is -0.411. The number of ether oxygens (including phenoxy) is 1. The molecule has 3 heterocycles. The number of hydrogen-bond acceptors (Lipinski definition) is 5. The van der Waals surface area contributed by atoms with Crippen LogP contribution in [0.5, 0.6) is 0 Å². The van der Waals surface area contributed by atoms with Crippen LogP contribution in [0.2, 0.25) is 0 Å². The molecular weight excluding hydrogens is 328 g/mol. The van der Waals surface area contributed by atoms with Crippen molar-refractivity contribution in [2.24, 2.45) is 0 Å². The van der Waals surface area contributed by atoms with E-state index in [0.29, 0.717) is 5.69 Å². The highest BCUT2D eigenvalue weighted by molar-refractivity contribution is 7.08. The largest absolute Gasteiger partial charge is 0.464 e. The summed E-state index contributed by atoms with van der Waals surface area (Å²) in [6.07, 6.45) is 4.92. The number of thiophene rings is 2. The van der Waals surface area contributed by atoms with Gasteiger partial charge in [0, 0.05) is 23.1 Å². The van der Waals surface area contributed by atoms with Crippen LogP contribution < -0.4 is 0 Å². The average molecular weight is 342 g/mol. The van der Waals surface area contributed by atoms with Crippen LogP contribution in [0.25, 0.3) is 6.08 Å². The molecule has 0 aromatic carbocycles. The maximum atomic E-state index is 11.8. The Labute approximate surface area is 141 Å². The van der Waals surface area contributed by atoms with E-state index >= 15 is 0 Å². The fourth-order valence-corrected chi connectivity index (χ4v) is 4.59. The Kier molecular flexibility index (Phi) is 3.43. The van der Waals surface area contributed by atoms with Gasteiger partial charge in [0.25, 0.3) is 0 Å². The first-order chi connectivity index (χ1) is 11.2. The Morgan fingerprint density at radius 2 is 1.96 bits per heavy atom. The molecule has 4 rings (SSSR count). The SMILES string of the molecule is COC(=O)c1n[nH]c2c1C=CC(c1ccsc1)(c1ccsc1)C2. The fraction of sp³-hybridized carbons (Fsp3) is 0.176. The molecular formula is C17H14N2O2S2. The van der Waals surface area contributed by atoms with E-state index < -0.39 is 5.97 Å². The number of H-pyrrole nitrogens is 1. The van der Waals surface area contributed by atoms with Gasteiger partial charge in [-0.15, -0.1) is 0 Å². The summed E-state index contributed by atoms with van der Waals surface area (Å²) in [5, 5.41) is 15.7. The molecule has 0 saturated heterocycles. The number of nitrogens with zero attached hydrogens (tertiary/aromatic N) is 1. The number of aromatic nitrogens is 2. The van der Waals surface area contributed by atoms with Crippen LogP contribution in [0.1, 0.15) is 32.9 Å². The van der Waals surface area contributed by atoms with Crippen LogP contribution in [-0.2, 0) is 16.6 Å². The Bertz CT molecular complexity index is 826. The van der Waals surface area contributed by atoms with Gasteiger partial charge in [-0.25, -0.2) is 4.79 Å². The summed E-state index contributed by atoms with van der Waals surface area (Å²) in [4.78, 5) is 11.8. The van der Waals surface area contributed by atoms with Crippen LogP contribution in [-0.4, -0.2) is 23.3 Å². The molecule has 3 aromatic rings. The highest BCUT2D eigenvalue weighted by atomic mass is 32.1. The van der Waals surface area contributed by atoms with Gasteiger partial charge in [0.1, 0.15) is 0 Å². The molecule has 0 atom stereocenters. The molecule has 3 aromatic heterocycles. The molecule has 1 aliphatic rings. The van der Waals surface area contributed by atoms with Gasteiger partial charge < -0.3 is 4.74 Å². The van der Waals surface area contributed by atoms with Crippen LogP contribution in [0, 0.1) is 0 Å². The zero-order valence-electron chi connectivity index (χ0n) is 12.4. The van der Waals surface area contributed by atoms with E-state index in [1.165, 1.54) is 18.2 Å². The summed E-state index contributed by atoms with van der Waals surface area (Å²) in [6, 6.07) is 4.32. The summed E-state index contributed by atoms with van der Waals surface area (Å²) >= 11 is 3.39. The van der Waals surface area contributed by atoms with E-state index in [-0.39, 0.29) is 5.41 Å². The molecule has 0 fully saturated rings. The maximum absolute atomic E-state index is 11.8. The van der Waals surface area contributed by atoms with Gasteiger partial charge in [-0.3, -0.25) is 5.10 Å². The molecule has 116 valence electrons. The first kappa shape index (κ1) is 14.4. The van der Waals surface area contributed by atoms with Gasteiger partial charge in [-0.05, 0) is 44.8 Å². The summed E-state index contributed by atoms with van der Waals surface area (Å²) in [7, 11) is 1.37. The molecule has 0 bridgehead atoms. The number of rotatable bonds is 3. The number of methoxy groups -OCH3 is 1. The lowest BCUT2D eigenvalue weighted by molar-refractivity contribution is 0.0593. The van der Waals surface area contributed by atoms with Crippen molar-refractivity contribution in [3.8, 4) is 0 Å².